The van der Waals surface area contributed by atoms with Gasteiger partial charge in [0, 0.05) is 5.75 Å². The Balaban J connectivity index is 0.00000112. The normalized spacial score (nSPS) is 29.2. The Morgan fingerprint density at radius 3 is 2.80 bits per heavy atom. The number of rotatable bonds is 1. The summed E-state index contributed by atoms with van der Waals surface area (Å²) in [7, 11) is 0. The number of carbonyl (C=O) groups excluding carboxylic acids is 2. The van der Waals surface area contributed by atoms with Gasteiger partial charge in [-0.2, -0.15) is 0 Å². The summed E-state index contributed by atoms with van der Waals surface area (Å²) in [6, 6.07) is -0.567. The van der Waals surface area contributed by atoms with Crippen LogP contribution in [0.2, 0.25) is 0 Å². The molecule has 2 N–H and O–H groups in total. The van der Waals surface area contributed by atoms with E-state index >= 15 is 0 Å². The first kappa shape index (κ1) is 13.1. The van der Waals surface area contributed by atoms with E-state index in [9.17, 15) is 14.7 Å². The van der Waals surface area contributed by atoms with Gasteiger partial charge in [0.25, 0.3) is 0 Å². The minimum atomic E-state index is -1.30. The average Bonchev–Trinajstić information content (AvgIpc) is 2.15. The molecule has 1 fully saturated rings. The van der Waals surface area contributed by atoms with Crippen LogP contribution in [-0.4, -0.2) is 33.9 Å². The van der Waals surface area contributed by atoms with Gasteiger partial charge in [0.1, 0.15) is 11.4 Å². The van der Waals surface area contributed by atoms with Crippen molar-refractivity contribution in [2.24, 2.45) is 5.73 Å². The zero-order valence-corrected chi connectivity index (χ0v) is 11.3. The van der Waals surface area contributed by atoms with Gasteiger partial charge in [-0.1, -0.05) is 0 Å². The number of nitrogens with zero attached hydrogens (tertiary/aromatic N) is 1. The van der Waals surface area contributed by atoms with E-state index in [1.807, 2.05) is 0 Å². The van der Waals surface area contributed by atoms with Crippen molar-refractivity contribution >= 4 is 23.6 Å². The van der Waals surface area contributed by atoms with E-state index in [-0.39, 0.29) is 46.5 Å². The Morgan fingerprint density at radius 1 is 1.67 bits per heavy atom. The first-order valence-corrected chi connectivity index (χ1v) is 5.20. The Morgan fingerprint density at radius 2 is 2.27 bits per heavy atom. The predicted octanol–water partition coefficient (Wildman–Crippen LogP) is -4.74. The first-order chi connectivity index (χ1) is 6.54. The van der Waals surface area contributed by atoms with Crippen LogP contribution in [0.5, 0.6) is 0 Å². The van der Waals surface area contributed by atoms with Gasteiger partial charge in [-0.25, -0.2) is 0 Å². The summed E-state index contributed by atoms with van der Waals surface area (Å²) in [6.45, 7) is 1.69. The Labute approximate surface area is 113 Å². The maximum absolute atomic E-state index is 11.3. The van der Waals surface area contributed by atoms with Gasteiger partial charge in [-0.05, 0) is 12.5 Å². The second-order valence-corrected chi connectivity index (χ2v) is 4.46. The van der Waals surface area contributed by atoms with Gasteiger partial charge in [0.15, 0.2) is 0 Å². The second-order valence-electron chi connectivity index (χ2n) is 3.35. The second kappa shape index (κ2) is 4.47. The molecule has 0 bridgehead atoms. The molecule has 0 radical (unpaired) electrons. The van der Waals surface area contributed by atoms with Gasteiger partial charge < -0.3 is 15.6 Å². The van der Waals surface area contributed by atoms with Crippen molar-refractivity contribution in [1.82, 2.24) is 4.90 Å². The molecular weight excluding hydrogens is 227 g/mol. The molecule has 0 aliphatic carbocycles. The van der Waals surface area contributed by atoms with Crippen LogP contribution >= 0.6 is 11.8 Å². The van der Waals surface area contributed by atoms with Crippen molar-refractivity contribution in [3.8, 4) is 0 Å². The van der Waals surface area contributed by atoms with Crippen LogP contribution in [0, 0.1) is 0 Å². The number of fused-ring (bicyclic) bond motifs is 1. The molecule has 1 saturated heterocycles. The smallest absolute Gasteiger partial charge is 0.543 e. The standard InChI is InChI=1S/C8H10N2O3S.Na/c1-3-2-14-7-4(9)6(11)10(7)5(3)8(12)13;/h4,7H,2,9H2,1H3,(H,12,13);/q;+1/p-1. The number of carbonyl (C=O) groups is 2. The summed E-state index contributed by atoms with van der Waals surface area (Å²) in [4.78, 5) is 23.3. The number of thioether (sulfide) groups is 1. The predicted molar refractivity (Wildman–Crippen MR) is 48.8 cm³/mol. The third-order valence-corrected chi connectivity index (χ3v) is 3.84. The number of amides is 1. The minimum absolute atomic E-state index is 0. The molecule has 76 valence electrons. The van der Waals surface area contributed by atoms with E-state index in [4.69, 9.17) is 5.73 Å². The van der Waals surface area contributed by atoms with E-state index in [1.165, 1.54) is 16.7 Å². The van der Waals surface area contributed by atoms with Gasteiger partial charge in [-0.15, -0.1) is 11.8 Å². The molecule has 2 aliphatic heterocycles. The fourth-order valence-corrected chi connectivity index (χ4v) is 2.90. The molecule has 2 unspecified atom stereocenters. The van der Waals surface area contributed by atoms with Crippen molar-refractivity contribution in [3.63, 3.8) is 0 Å². The average molecular weight is 236 g/mol. The van der Waals surface area contributed by atoms with Crippen LogP contribution in [0.4, 0.5) is 0 Å². The molecule has 2 rings (SSSR count). The molecule has 0 spiro atoms. The summed E-state index contributed by atoms with van der Waals surface area (Å²) < 4.78 is 0. The van der Waals surface area contributed by atoms with Crippen LogP contribution < -0.4 is 40.4 Å². The first-order valence-electron chi connectivity index (χ1n) is 4.15. The number of β-lactam (4-membered cyclic amide) rings is 1. The number of hydrogen-bond acceptors (Lipinski definition) is 5. The number of carboxylic acids is 1. The SMILES string of the molecule is CC1=C(C(=O)[O-])N2C(=O)C(N)C2SC1.[Na+]. The van der Waals surface area contributed by atoms with Crippen LogP contribution in [0.1, 0.15) is 6.92 Å². The molecule has 1 amide bonds. The van der Waals surface area contributed by atoms with E-state index in [0.717, 1.165) is 0 Å². The van der Waals surface area contributed by atoms with E-state index < -0.39 is 12.0 Å². The van der Waals surface area contributed by atoms with Gasteiger partial charge in [0.2, 0.25) is 5.91 Å². The quantitative estimate of drug-likeness (QED) is 0.365. The van der Waals surface area contributed by atoms with Gasteiger partial charge >= 0.3 is 29.6 Å². The number of carboxylic acid groups (broad SMARTS) is 1. The Kier molecular flexibility index (Phi) is 3.89. The zero-order valence-electron chi connectivity index (χ0n) is 8.52. The zero-order chi connectivity index (χ0) is 10.5. The van der Waals surface area contributed by atoms with E-state index in [1.54, 1.807) is 6.92 Å². The number of hydrogen-bond donors (Lipinski definition) is 1. The van der Waals surface area contributed by atoms with Crippen molar-refractivity contribution in [2.75, 3.05) is 5.75 Å². The van der Waals surface area contributed by atoms with Gasteiger partial charge in [0.05, 0.1) is 11.7 Å². The third kappa shape index (κ3) is 1.85. The molecule has 0 aromatic carbocycles. The third-order valence-electron chi connectivity index (χ3n) is 2.39. The topological polar surface area (TPSA) is 86.5 Å². The summed E-state index contributed by atoms with van der Waals surface area (Å²) in [5.74, 6) is -1.04. The molecule has 2 atom stereocenters. The van der Waals surface area contributed by atoms with E-state index in [0.29, 0.717) is 11.3 Å². The van der Waals surface area contributed by atoms with Crippen molar-refractivity contribution in [2.45, 2.75) is 18.3 Å². The molecule has 0 aromatic rings. The van der Waals surface area contributed by atoms with Crippen molar-refractivity contribution in [3.05, 3.63) is 11.3 Å². The molecule has 15 heavy (non-hydrogen) atoms. The molecular formula is C8H9N2NaO3S. The Bertz CT molecular complexity index is 358. The fourth-order valence-electron chi connectivity index (χ4n) is 1.66. The van der Waals surface area contributed by atoms with Crippen LogP contribution in [-0.2, 0) is 9.59 Å². The number of nitrogens with two attached hydrogens (primary N) is 1. The van der Waals surface area contributed by atoms with E-state index in [2.05, 4.69) is 0 Å². The van der Waals surface area contributed by atoms with Crippen molar-refractivity contribution < 1.29 is 44.3 Å². The summed E-state index contributed by atoms with van der Waals surface area (Å²) >= 11 is 1.49. The van der Waals surface area contributed by atoms with Crippen LogP contribution in [0.25, 0.3) is 0 Å². The molecule has 7 heteroatoms. The largest absolute Gasteiger partial charge is 1.00 e. The monoisotopic (exact) mass is 236 g/mol. The molecule has 2 heterocycles. The maximum atomic E-state index is 11.3. The summed E-state index contributed by atoms with van der Waals surface area (Å²) in [5, 5.41) is 10.6. The molecule has 0 saturated carbocycles. The van der Waals surface area contributed by atoms with Crippen LogP contribution in [0.15, 0.2) is 11.3 Å². The molecule has 2 aliphatic rings. The fraction of sp³-hybridized carbons (Fsp3) is 0.500. The summed E-state index contributed by atoms with van der Waals surface area (Å²) in [5.41, 5.74) is 6.20. The number of aliphatic carboxylic acids is 1. The van der Waals surface area contributed by atoms with Crippen LogP contribution in [0.3, 0.4) is 0 Å². The Hall–Kier alpha value is -0.0100. The van der Waals surface area contributed by atoms with Crippen molar-refractivity contribution in [1.29, 1.82) is 0 Å². The molecule has 5 nitrogen and oxygen atoms in total. The molecule has 0 aromatic heterocycles. The maximum Gasteiger partial charge on any atom is 1.00 e. The minimum Gasteiger partial charge on any atom is -0.543 e. The van der Waals surface area contributed by atoms with Gasteiger partial charge in [-0.3, -0.25) is 9.69 Å². The summed E-state index contributed by atoms with van der Waals surface area (Å²) in [6.07, 6.45) is 0.